The molecule has 0 saturated heterocycles. The zero-order valence-electron chi connectivity index (χ0n) is 14.4. The lowest BCUT2D eigenvalue weighted by Crippen LogP contribution is -2.47. The Morgan fingerprint density at radius 1 is 1.21 bits per heavy atom. The normalized spacial score (nSPS) is 37.1. The first-order valence-corrected chi connectivity index (χ1v) is 9.29. The number of aliphatic hydroxyl groups is 1. The summed E-state index contributed by atoms with van der Waals surface area (Å²) < 4.78 is 29.7. The second-order valence-corrected chi connectivity index (χ2v) is 7.53. The largest absolute Gasteiger partial charge is 0.382 e. The molecule has 1 saturated carbocycles. The van der Waals surface area contributed by atoms with Crippen molar-refractivity contribution in [2.75, 3.05) is 0 Å². The van der Waals surface area contributed by atoms with Crippen LogP contribution < -0.4 is 0 Å². The Balaban J connectivity index is 1.72. The van der Waals surface area contributed by atoms with Gasteiger partial charge in [-0.15, -0.1) is 0 Å². The van der Waals surface area contributed by atoms with Gasteiger partial charge in [0.15, 0.2) is 0 Å². The molecular formula is C21H28F2O. The number of allylic oxidation sites excluding steroid dienone is 2. The van der Waals surface area contributed by atoms with Crippen LogP contribution in [0, 0.1) is 11.8 Å². The van der Waals surface area contributed by atoms with Crippen LogP contribution in [0.4, 0.5) is 8.78 Å². The molecule has 3 heteroatoms. The second kappa shape index (κ2) is 7.35. The van der Waals surface area contributed by atoms with E-state index in [1.807, 2.05) is 6.07 Å². The van der Waals surface area contributed by atoms with Crippen LogP contribution in [-0.4, -0.2) is 17.4 Å². The van der Waals surface area contributed by atoms with Gasteiger partial charge < -0.3 is 5.11 Å². The molecular weight excluding hydrogens is 306 g/mol. The Bertz CT molecular complexity index is 570. The summed E-state index contributed by atoms with van der Waals surface area (Å²) in [5, 5.41) is 10.8. The number of halogens is 2. The SMILES string of the molecule is CCCC1CC=C(C2CC(F)C(O)(c3ccccc3)CC2F)CC1. The summed E-state index contributed by atoms with van der Waals surface area (Å²) >= 11 is 0. The Kier molecular flexibility index (Phi) is 5.39. The van der Waals surface area contributed by atoms with E-state index >= 15 is 0 Å². The Morgan fingerprint density at radius 2 is 1.96 bits per heavy atom. The lowest BCUT2D eigenvalue weighted by atomic mass is 9.68. The van der Waals surface area contributed by atoms with E-state index in [0.29, 0.717) is 11.5 Å². The zero-order chi connectivity index (χ0) is 17.2. The Morgan fingerprint density at radius 3 is 2.58 bits per heavy atom. The molecule has 0 bridgehead atoms. The Labute approximate surface area is 143 Å². The van der Waals surface area contributed by atoms with Crippen LogP contribution in [0.1, 0.15) is 57.4 Å². The molecule has 0 aromatic heterocycles. The van der Waals surface area contributed by atoms with Crippen molar-refractivity contribution in [3.63, 3.8) is 0 Å². The van der Waals surface area contributed by atoms with E-state index in [-0.39, 0.29) is 18.8 Å². The van der Waals surface area contributed by atoms with E-state index < -0.39 is 17.9 Å². The lowest BCUT2D eigenvalue weighted by Gasteiger charge is -2.42. The van der Waals surface area contributed by atoms with Gasteiger partial charge in [0.2, 0.25) is 0 Å². The maximum absolute atomic E-state index is 14.9. The first-order chi connectivity index (χ1) is 11.5. The topological polar surface area (TPSA) is 20.2 Å². The van der Waals surface area contributed by atoms with Gasteiger partial charge in [-0.1, -0.05) is 61.7 Å². The molecule has 2 aliphatic carbocycles. The summed E-state index contributed by atoms with van der Waals surface area (Å²) in [6.07, 6.45) is 4.83. The second-order valence-electron chi connectivity index (χ2n) is 7.53. The monoisotopic (exact) mass is 334 g/mol. The fourth-order valence-electron chi connectivity index (χ4n) is 4.46. The summed E-state index contributed by atoms with van der Waals surface area (Å²) in [4.78, 5) is 0. The van der Waals surface area contributed by atoms with E-state index in [1.54, 1.807) is 24.3 Å². The Hall–Kier alpha value is -1.22. The van der Waals surface area contributed by atoms with E-state index in [1.165, 1.54) is 12.8 Å². The molecule has 1 aromatic rings. The van der Waals surface area contributed by atoms with Crippen molar-refractivity contribution in [2.45, 2.75) is 69.8 Å². The van der Waals surface area contributed by atoms with Crippen molar-refractivity contribution >= 4 is 0 Å². The van der Waals surface area contributed by atoms with Gasteiger partial charge in [-0.3, -0.25) is 0 Å². The van der Waals surface area contributed by atoms with Gasteiger partial charge >= 0.3 is 0 Å². The molecule has 5 unspecified atom stereocenters. The average Bonchev–Trinajstić information content (AvgIpc) is 2.60. The number of hydrogen-bond donors (Lipinski definition) is 1. The molecule has 1 N–H and O–H groups in total. The van der Waals surface area contributed by atoms with E-state index in [2.05, 4.69) is 13.0 Å². The molecule has 0 radical (unpaired) electrons. The minimum Gasteiger partial charge on any atom is -0.382 e. The first kappa shape index (κ1) is 17.6. The molecule has 1 aromatic carbocycles. The van der Waals surface area contributed by atoms with Crippen LogP contribution >= 0.6 is 0 Å². The predicted molar refractivity (Wildman–Crippen MR) is 93.2 cm³/mol. The van der Waals surface area contributed by atoms with Gasteiger partial charge in [0.05, 0.1) is 0 Å². The smallest absolute Gasteiger partial charge is 0.134 e. The first-order valence-electron chi connectivity index (χ1n) is 9.29. The minimum atomic E-state index is -1.70. The zero-order valence-corrected chi connectivity index (χ0v) is 14.4. The van der Waals surface area contributed by atoms with Gasteiger partial charge in [-0.2, -0.15) is 0 Å². The summed E-state index contributed by atoms with van der Waals surface area (Å²) in [6.45, 7) is 2.19. The third-order valence-electron chi connectivity index (χ3n) is 5.92. The maximum Gasteiger partial charge on any atom is 0.134 e. The van der Waals surface area contributed by atoms with Crippen molar-refractivity contribution in [3.8, 4) is 0 Å². The highest BCUT2D eigenvalue weighted by Crippen LogP contribution is 2.47. The molecule has 0 aliphatic heterocycles. The van der Waals surface area contributed by atoms with Crippen molar-refractivity contribution in [3.05, 3.63) is 47.5 Å². The molecule has 1 fully saturated rings. The molecule has 132 valence electrons. The predicted octanol–water partition coefficient (Wildman–Crippen LogP) is 5.49. The summed E-state index contributed by atoms with van der Waals surface area (Å²) in [6, 6.07) is 8.72. The van der Waals surface area contributed by atoms with Crippen molar-refractivity contribution < 1.29 is 13.9 Å². The standard InChI is InChI=1S/C21H28F2O/c1-2-6-15-9-11-16(12-10-15)18-13-20(23)21(24,14-19(18)22)17-7-4-3-5-8-17/h3-5,7-8,11,15,18-20,24H,2,6,9-10,12-14H2,1H3. The molecule has 24 heavy (non-hydrogen) atoms. The van der Waals surface area contributed by atoms with Crippen molar-refractivity contribution in [1.82, 2.24) is 0 Å². The quantitative estimate of drug-likeness (QED) is 0.722. The van der Waals surface area contributed by atoms with Crippen LogP contribution in [0.3, 0.4) is 0 Å². The minimum absolute atomic E-state index is 0.0802. The lowest BCUT2D eigenvalue weighted by molar-refractivity contribution is -0.103. The van der Waals surface area contributed by atoms with E-state index in [4.69, 9.17) is 0 Å². The highest BCUT2D eigenvalue weighted by atomic mass is 19.1. The summed E-state index contributed by atoms with van der Waals surface area (Å²) in [7, 11) is 0. The van der Waals surface area contributed by atoms with Crippen LogP contribution in [-0.2, 0) is 5.60 Å². The van der Waals surface area contributed by atoms with Gasteiger partial charge in [-0.05, 0) is 37.2 Å². The molecule has 1 nitrogen and oxygen atoms in total. The fourth-order valence-corrected chi connectivity index (χ4v) is 4.46. The molecule has 2 aliphatic rings. The number of benzene rings is 1. The van der Waals surface area contributed by atoms with Crippen molar-refractivity contribution in [1.29, 1.82) is 0 Å². The van der Waals surface area contributed by atoms with Crippen LogP contribution in [0.25, 0.3) is 0 Å². The van der Waals surface area contributed by atoms with E-state index in [0.717, 1.165) is 24.8 Å². The van der Waals surface area contributed by atoms with Crippen LogP contribution in [0.2, 0.25) is 0 Å². The molecule has 0 heterocycles. The third kappa shape index (κ3) is 3.42. The third-order valence-corrected chi connectivity index (χ3v) is 5.92. The molecule has 5 atom stereocenters. The van der Waals surface area contributed by atoms with Crippen molar-refractivity contribution in [2.24, 2.45) is 11.8 Å². The van der Waals surface area contributed by atoms with E-state index in [9.17, 15) is 13.9 Å². The summed E-state index contributed by atoms with van der Waals surface area (Å²) in [5.41, 5.74) is -0.135. The van der Waals surface area contributed by atoms with Crippen LogP contribution in [0.15, 0.2) is 42.0 Å². The maximum atomic E-state index is 14.9. The van der Waals surface area contributed by atoms with Gasteiger partial charge in [-0.25, -0.2) is 8.78 Å². The van der Waals surface area contributed by atoms with Gasteiger partial charge in [0.1, 0.15) is 17.9 Å². The number of rotatable bonds is 4. The number of hydrogen-bond acceptors (Lipinski definition) is 1. The molecule has 0 amide bonds. The molecule has 0 spiro atoms. The van der Waals surface area contributed by atoms with Crippen LogP contribution in [0.5, 0.6) is 0 Å². The highest BCUT2D eigenvalue weighted by molar-refractivity contribution is 5.27. The van der Waals surface area contributed by atoms with Gasteiger partial charge in [0, 0.05) is 12.3 Å². The highest BCUT2D eigenvalue weighted by Gasteiger charge is 2.49. The fraction of sp³-hybridized carbons (Fsp3) is 0.619. The summed E-state index contributed by atoms with van der Waals surface area (Å²) in [5.74, 6) is 0.328. The molecule has 3 rings (SSSR count). The average molecular weight is 334 g/mol. The van der Waals surface area contributed by atoms with Gasteiger partial charge in [0.25, 0.3) is 0 Å². The number of alkyl halides is 2.